The highest BCUT2D eigenvalue weighted by Crippen LogP contribution is 2.56. The quantitative estimate of drug-likeness (QED) is 0.264. The van der Waals surface area contributed by atoms with E-state index in [4.69, 9.17) is 10.2 Å². The van der Waals surface area contributed by atoms with Crippen LogP contribution in [0, 0.1) is 16.2 Å². The number of carbonyl (C=O) groups is 6. The first-order valence-electron chi connectivity index (χ1n) is 6.48. The third kappa shape index (κ3) is 3.09. The summed E-state index contributed by atoms with van der Waals surface area (Å²) in [5.74, 6) is -13.3. The van der Waals surface area contributed by atoms with E-state index in [0.29, 0.717) is 13.8 Å². The summed E-state index contributed by atoms with van der Waals surface area (Å²) in [5.41, 5.74) is -10.2. The first kappa shape index (κ1) is 21.8. The number of hydrogen-bond acceptors (Lipinski definition) is 6. The summed E-state index contributed by atoms with van der Waals surface area (Å²) in [5, 5.41) is 55.5. The van der Waals surface area contributed by atoms with Gasteiger partial charge in [0.2, 0.25) is 0 Å². The molecule has 0 aliphatic carbocycles. The Balaban J connectivity index is 7.30. The van der Waals surface area contributed by atoms with Crippen molar-refractivity contribution in [3.63, 3.8) is 0 Å². The summed E-state index contributed by atoms with van der Waals surface area (Å²) in [6.07, 6.45) is -3.16. The standard InChI is InChI=1S/C13H16O12/c1-11(7(18)19,3-5(14)15)13(9(22)23,10(24)25)12(2,8(20)21)4-6(16)17/h3-4H2,1-2H3,(H,14,15)(H,16,17)(H,18,19)(H,20,21)(H,22,23)(H,24,25). The molecule has 12 heteroatoms. The van der Waals surface area contributed by atoms with Gasteiger partial charge in [-0.1, -0.05) is 0 Å². The Hall–Kier alpha value is -3.18. The van der Waals surface area contributed by atoms with E-state index >= 15 is 0 Å². The molecule has 0 rings (SSSR count). The number of carboxylic acids is 6. The lowest BCUT2D eigenvalue weighted by molar-refractivity contribution is -0.209. The molecule has 0 radical (unpaired) electrons. The molecule has 0 fully saturated rings. The fourth-order valence-corrected chi connectivity index (χ4v) is 2.99. The van der Waals surface area contributed by atoms with Gasteiger partial charge in [0.05, 0.1) is 12.8 Å². The molecule has 140 valence electrons. The highest BCUT2D eigenvalue weighted by molar-refractivity contribution is 6.10. The number of hydrogen-bond donors (Lipinski definition) is 6. The summed E-state index contributed by atoms with van der Waals surface area (Å²) >= 11 is 0. The largest absolute Gasteiger partial charge is 0.481 e. The van der Waals surface area contributed by atoms with Crippen LogP contribution in [0.5, 0.6) is 0 Å². The molecule has 0 amide bonds. The van der Waals surface area contributed by atoms with Gasteiger partial charge in [0.25, 0.3) is 0 Å². The first-order valence-corrected chi connectivity index (χ1v) is 6.48. The molecule has 0 aliphatic rings. The fraction of sp³-hybridized carbons (Fsp3) is 0.538. The Morgan fingerprint density at radius 3 is 0.920 bits per heavy atom. The van der Waals surface area contributed by atoms with Crippen molar-refractivity contribution in [3.8, 4) is 0 Å². The maximum atomic E-state index is 11.8. The van der Waals surface area contributed by atoms with Gasteiger partial charge in [0.15, 0.2) is 5.41 Å². The lowest BCUT2D eigenvalue weighted by Crippen LogP contribution is -2.67. The Morgan fingerprint density at radius 2 is 0.800 bits per heavy atom. The van der Waals surface area contributed by atoms with E-state index in [2.05, 4.69) is 0 Å². The Labute approximate surface area is 139 Å². The molecule has 2 atom stereocenters. The highest BCUT2D eigenvalue weighted by Gasteiger charge is 2.76. The van der Waals surface area contributed by atoms with E-state index in [1.165, 1.54) is 0 Å². The maximum Gasteiger partial charge on any atom is 0.323 e. The number of carboxylic acid groups (broad SMARTS) is 6. The van der Waals surface area contributed by atoms with Crippen LogP contribution in [0.4, 0.5) is 0 Å². The Morgan fingerprint density at radius 1 is 0.560 bits per heavy atom. The molecule has 12 nitrogen and oxygen atoms in total. The van der Waals surface area contributed by atoms with Crippen molar-refractivity contribution < 1.29 is 59.4 Å². The molecule has 0 spiro atoms. The third-order valence-corrected chi connectivity index (χ3v) is 4.25. The van der Waals surface area contributed by atoms with Crippen molar-refractivity contribution in [2.45, 2.75) is 26.7 Å². The van der Waals surface area contributed by atoms with E-state index in [0.717, 1.165) is 0 Å². The molecule has 0 aromatic rings. The summed E-state index contributed by atoms with van der Waals surface area (Å²) in [6.45, 7) is 0.878. The third-order valence-electron chi connectivity index (χ3n) is 4.25. The van der Waals surface area contributed by atoms with Crippen molar-refractivity contribution in [3.05, 3.63) is 0 Å². The lowest BCUT2D eigenvalue weighted by atomic mass is 9.49. The summed E-state index contributed by atoms with van der Waals surface area (Å²) < 4.78 is 0. The van der Waals surface area contributed by atoms with Crippen LogP contribution in [0.15, 0.2) is 0 Å². The minimum atomic E-state index is -3.81. The average molecular weight is 364 g/mol. The molecule has 0 aliphatic heterocycles. The van der Waals surface area contributed by atoms with Gasteiger partial charge < -0.3 is 30.6 Å². The molecule has 0 saturated carbocycles. The van der Waals surface area contributed by atoms with Gasteiger partial charge in [-0.3, -0.25) is 28.8 Å². The molecule has 0 aromatic carbocycles. The minimum Gasteiger partial charge on any atom is -0.481 e. The molecule has 0 saturated heterocycles. The zero-order valence-corrected chi connectivity index (χ0v) is 13.0. The highest BCUT2D eigenvalue weighted by atomic mass is 16.4. The zero-order chi connectivity index (χ0) is 20.4. The van der Waals surface area contributed by atoms with Crippen molar-refractivity contribution in [1.29, 1.82) is 0 Å². The average Bonchev–Trinajstić information content (AvgIpc) is 2.35. The Kier molecular flexibility index (Phi) is 5.89. The fourth-order valence-electron chi connectivity index (χ4n) is 2.99. The predicted molar refractivity (Wildman–Crippen MR) is 73.7 cm³/mol. The molecule has 0 bridgehead atoms. The van der Waals surface area contributed by atoms with Crippen molar-refractivity contribution in [2.24, 2.45) is 16.2 Å². The molecule has 0 heterocycles. The Bertz CT molecular complexity index is 593. The van der Waals surface area contributed by atoms with E-state index < -0.39 is 64.9 Å². The monoisotopic (exact) mass is 364 g/mol. The van der Waals surface area contributed by atoms with E-state index in [-0.39, 0.29) is 0 Å². The summed E-state index contributed by atoms with van der Waals surface area (Å²) in [6, 6.07) is 0. The van der Waals surface area contributed by atoms with E-state index in [1.807, 2.05) is 0 Å². The second-order valence-corrected chi connectivity index (χ2v) is 5.78. The zero-order valence-electron chi connectivity index (χ0n) is 13.0. The SMILES string of the molecule is CC(CC(=O)O)(C(=O)O)C(C(=O)O)(C(=O)O)C(C)(CC(=O)O)C(=O)O. The number of aliphatic carboxylic acids is 6. The molecule has 2 unspecified atom stereocenters. The van der Waals surface area contributed by atoms with Gasteiger partial charge >= 0.3 is 35.8 Å². The van der Waals surface area contributed by atoms with Crippen LogP contribution in [-0.2, 0) is 28.8 Å². The molecule has 0 aromatic heterocycles. The van der Waals surface area contributed by atoms with Gasteiger partial charge in [0.1, 0.15) is 10.8 Å². The topological polar surface area (TPSA) is 224 Å². The lowest BCUT2D eigenvalue weighted by Gasteiger charge is -2.47. The minimum absolute atomic E-state index is 0.439. The van der Waals surface area contributed by atoms with Gasteiger partial charge in [-0.15, -0.1) is 0 Å². The van der Waals surface area contributed by atoms with Crippen molar-refractivity contribution >= 4 is 35.8 Å². The molecular formula is C13H16O12. The van der Waals surface area contributed by atoms with Crippen LogP contribution in [0.25, 0.3) is 0 Å². The second kappa shape index (κ2) is 6.75. The predicted octanol–water partition coefficient (Wildman–Crippen LogP) is -0.727. The van der Waals surface area contributed by atoms with E-state index in [1.54, 1.807) is 0 Å². The second-order valence-electron chi connectivity index (χ2n) is 5.78. The number of rotatable bonds is 10. The van der Waals surface area contributed by atoms with Crippen LogP contribution < -0.4 is 0 Å². The van der Waals surface area contributed by atoms with E-state index in [9.17, 15) is 49.2 Å². The molecule has 6 N–H and O–H groups in total. The first-order chi connectivity index (χ1) is 11.1. The van der Waals surface area contributed by atoms with Gasteiger partial charge in [-0.25, -0.2) is 0 Å². The smallest absolute Gasteiger partial charge is 0.323 e. The van der Waals surface area contributed by atoms with Crippen LogP contribution in [-0.4, -0.2) is 66.5 Å². The molecular weight excluding hydrogens is 348 g/mol. The van der Waals surface area contributed by atoms with Crippen molar-refractivity contribution in [2.75, 3.05) is 0 Å². The van der Waals surface area contributed by atoms with Crippen molar-refractivity contribution in [1.82, 2.24) is 0 Å². The van der Waals surface area contributed by atoms with Crippen LogP contribution in [0.2, 0.25) is 0 Å². The van der Waals surface area contributed by atoms with Gasteiger partial charge in [0, 0.05) is 0 Å². The normalized spacial score (nSPS) is 16.1. The van der Waals surface area contributed by atoms with Crippen LogP contribution in [0.1, 0.15) is 26.7 Å². The summed E-state index contributed by atoms with van der Waals surface area (Å²) in [4.78, 5) is 69.0. The van der Waals surface area contributed by atoms with Crippen LogP contribution >= 0.6 is 0 Å². The molecule has 25 heavy (non-hydrogen) atoms. The van der Waals surface area contributed by atoms with Gasteiger partial charge in [-0.05, 0) is 13.8 Å². The maximum absolute atomic E-state index is 11.8. The summed E-state index contributed by atoms with van der Waals surface area (Å²) in [7, 11) is 0. The van der Waals surface area contributed by atoms with Gasteiger partial charge in [-0.2, -0.15) is 0 Å². The van der Waals surface area contributed by atoms with Crippen LogP contribution in [0.3, 0.4) is 0 Å².